The normalized spacial score (nSPS) is 11.1. The molecule has 0 radical (unpaired) electrons. The van der Waals surface area contributed by atoms with Crippen molar-refractivity contribution in [3.8, 4) is 5.69 Å². The molecule has 3 aromatic rings. The highest BCUT2D eigenvalue weighted by Gasteiger charge is 2.14. The third kappa shape index (κ3) is 5.11. The number of para-hydroxylation sites is 1. The second-order valence-electron chi connectivity index (χ2n) is 7.82. The molecule has 0 saturated heterocycles. The van der Waals surface area contributed by atoms with Crippen molar-refractivity contribution in [3.63, 3.8) is 0 Å². The van der Waals surface area contributed by atoms with Gasteiger partial charge in [0.25, 0.3) is 0 Å². The van der Waals surface area contributed by atoms with Crippen LogP contribution in [0.3, 0.4) is 0 Å². The first-order valence-corrected chi connectivity index (χ1v) is 10.3. The molecule has 3 rings (SSSR count). The molecule has 0 bridgehead atoms. The van der Waals surface area contributed by atoms with Gasteiger partial charge in [-0.2, -0.15) is 5.10 Å². The van der Waals surface area contributed by atoms with E-state index >= 15 is 0 Å². The zero-order valence-electron chi connectivity index (χ0n) is 18.9. The SMILES string of the molecule is Cc1cccc(C)c1NC(=O)CN(C)C(=O)/C=C/c1c(C)nn(-c2ccc(F)cc2)c1C. The summed E-state index contributed by atoms with van der Waals surface area (Å²) >= 11 is 0. The topological polar surface area (TPSA) is 67.2 Å². The summed E-state index contributed by atoms with van der Waals surface area (Å²) in [5.41, 5.74) is 5.82. The Morgan fingerprint density at radius 3 is 2.31 bits per heavy atom. The smallest absolute Gasteiger partial charge is 0.246 e. The minimum absolute atomic E-state index is 0.0657. The van der Waals surface area contributed by atoms with Crippen LogP contribution < -0.4 is 5.32 Å². The van der Waals surface area contributed by atoms with E-state index in [0.29, 0.717) is 0 Å². The van der Waals surface area contributed by atoms with Gasteiger partial charge in [0.1, 0.15) is 5.82 Å². The highest BCUT2D eigenvalue weighted by atomic mass is 19.1. The van der Waals surface area contributed by atoms with E-state index in [1.165, 1.54) is 23.1 Å². The Hall–Kier alpha value is -3.74. The van der Waals surface area contributed by atoms with E-state index in [1.54, 1.807) is 29.9 Å². The van der Waals surface area contributed by atoms with Gasteiger partial charge in [-0.15, -0.1) is 0 Å². The average molecular weight is 435 g/mol. The van der Waals surface area contributed by atoms with Crippen molar-refractivity contribution in [2.24, 2.45) is 0 Å². The molecule has 32 heavy (non-hydrogen) atoms. The highest BCUT2D eigenvalue weighted by molar-refractivity contribution is 5.98. The molecule has 0 aliphatic heterocycles. The minimum atomic E-state index is -0.314. The van der Waals surface area contributed by atoms with E-state index in [0.717, 1.165) is 39.5 Å². The van der Waals surface area contributed by atoms with Crippen molar-refractivity contribution in [2.75, 3.05) is 18.9 Å². The number of hydrogen-bond acceptors (Lipinski definition) is 3. The zero-order valence-corrected chi connectivity index (χ0v) is 18.9. The van der Waals surface area contributed by atoms with Crippen molar-refractivity contribution in [2.45, 2.75) is 27.7 Å². The molecule has 1 heterocycles. The summed E-state index contributed by atoms with van der Waals surface area (Å²) in [6, 6.07) is 11.8. The van der Waals surface area contributed by atoms with Crippen molar-refractivity contribution in [1.82, 2.24) is 14.7 Å². The summed E-state index contributed by atoms with van der Waals surface area (Å²) in [6.07, 6.45) is 3.12. The fraction of sp³-hybridized carbons (Fsp3) is 0.240. The lowest BCUT2D eigenvalue weighted by Crippen LogP contribution is -2.34. The first kappa shape index (κ1) is 22.9. The van der Waals surface area contributed by atoms with E-state index in [1.807, 2.05) is 45.9 Å². The monoisotopic (exact) mass is 434 g/mol. The number of nitrogens with one attached hydrogen (secondary N) is 1. The molecule has 0 aliphatic carbocycles. The molecule has 0 atom stereocenters. The summed E-state index contributed by atoms with van der Waals surface area (Å²) in [5.74, 6) is -0.871. The van der Waals surface area contributed by atoms with Crippen LogP contribution in [-0.4, -0.2) is 40.1 Å². The standard InChI is InChI=1S/C25H27FN4O2/c1-16-7-6-8-17(2)25(16)27-23(31)15-29(5)24(32)14-13-22-18(3)28-30(19(22)4)21-11-9-20(26)10-12-21/h6-14H,15H2,1-5H3,(H,27,31)/b14-13+. The third-order valence-electron chi connectivity index (χ3n) is 5.31. The van der Waals surface area contributed by atoms with Crippen molar-refractivity contribution in [3.05, 3.63) is 82.4 Å². The highest BCUT2D eigenvalue weighted by Crippen LogP contribution is 2.20. The lowest BCUT2D eigenvalue weighted by molar-refractivity contribution is -0.129. The molecule has 0 aliphatic rings. The summed E-state index contributed by atoms with van der Waals surface area (Å²) in [4.78, 5) is 26.4. The van der Waals surface area contributed by atoms with Gasteiger partial charge in [-0.1, -0.05) is 18.2 Å². The Labute approximate surface area is 187 Å². The van der Waals surface area contributed by atoms with Crippen LogP contribution in [0.1, 0.15) is 28.1 Å². The number of amides is 2. The number of anilines is 1. The fourth-order valence-corrected chi connectivity index (χ4v) is 3.50. The fourth-order valence-electron chi connectivity index (χ4n) is 3.50. The number of hydrogen-bond donors (Lipinski definition) is 1. The molecule has 0 unspecified atom stereocenters. The number of carbonyl (C=O) groups is 2. The molecule has 2 aromatic carbocycles. The molecular weight excluding hydrogens is 407 g/mol. The van der Waals surface area contributed by atoms with E-state index in [9.17, 15) is 14.0 Å². The molecule has 6 nitrogen and oxygen atoms in total. The second-order valence-corrected chi connectivity index (χ2v) is 7.82. The predicted octanol–water partition coefficient (Wildman–Crippen LogP) is 4.36. The maximum absolute atomic E-state index is 13.2. The van der Waals surface area contributed by atoms with Gasteiger partial charge in [0.15, 0.2) is 0 Å². The van der Waals surface area contributed by atoms with E-state index < -0.39 is 0 Å². The molecule has 2 amide bonds. The molecular formula is C25H27FN4O2. The van der Waals surface area contributed by atoms with Gasteiger partial charge in [-0.25, -0.2) is 9.07 Å². The van der Waals surface area contributed by atoms with Crippen LogP contribution in [0.25, 0.3) is 11.8 Å². The largest absolute Gasteiger partial charge is 0.333 e. The maximum atomic E-state index is 13.2. The quantitative estimate of drug-likeness (QED) is 0.587. The number of likely N-dealkylation sites (N-methyl/N-ethyl adjacent to an activating group) is 1. The Kier molecular flexibility index (Phi) is 6.88. The van der Waals surface area contributed by atoms with Gasteiger partial charge in [-0.05, 0) is 69.2 Å². The molecule has 1 N–H and O–H groups in total. The first-order valence-electron chi connectivity index (χ1n) is 10.3. The summed E-state index contributed by atoms with van der Waals surface area (Å²) in [5, 5.41) is 7.38. The predicted molar refractivity (Wildman–Crippen MR) is 124 cm³/mol. The van der Waals surface area contributed by atoms with Crippen LogP contribution in [0.4, 0.5) is 10.1 Å². The molecule has 1 aromatic heterocycles. The third-order valence-corrected chi connectivity index (χ3v) is 5.31. The number of rotatable bonds is 6. The lowest BCUT2D eigenvalue weighted by Gasteiger charge is -2.16. The Morgan fingerprint density at radius 2 is 1.69 bits per heavy atom. The maximum Gasteiger partial charge on any atom is 0.246 e. The van der Waals surface area contributed by atoms with Gasteiger partial charge in [0.2, 0.25) is 11.8 Å². The Bertz CT molecular complexity index is 1160. The first-order chi connectivity index (χ1) is 15.2. The Balaban J connectivity index is 1.68. The van der Waals surface area contributed by atoms with Crippen LogP contribution in [0, 0.1) is 33.5 Å². The minimum Gasteiger partial charge on any atom is -0.333 e. The lowest BCUT2D eigenvalue weighted by atomic mass is 10.1. The summed E-state index contributed by atoms with van der Waals surface area (Å²) < 4.78 is 14.9. The van der Waals surface area contributed by atoms with Crippen LogP contribution in [-0.2, 0) is 9.59 Å². The molecule has 0 saturated carbocycles. The van der Waals surface area contributed by atoms with Gasteiger partial charge in [0.05, 0.1) is 17.9 Å². The number of benzene rings is 2. The van der Waals surface area contributed by atoms with Gasteiger partial charge in [0, 0.05) is 30.1 Å². The van der Waals surface area contributed by atoms with Crippen molar-refractivity contribution >= 4 is 23.6 Å². The molecule has 0 spiro atoms. The van der Waals surface area contributed by atoms with Crippen molar-refractivity contribution in [1.29, 1.82) is 0 Å². The number of aromatic nitrogens is 2. The number of carbonyl (C=O) groups excluding carboxylic acids is 2. The van der Waals surface area contributed by atoms with E-state index in [2.05, 4.69) is 10.4 Å². The number of nitrogens with zero attached hydrogens (tertiary/aromatic N) is 3. The van der Waals surface area contributed by atoms with Gasteiger partial charge in [-0.3, -0.25) is 9.59 Å². The summed E-state index contributed by atoms with van der Waals surface area (Å²) in [7, 11) is 1.58. The second kappa shape index (κ2) is 9.60. The number of halogens is 1. The molecule has 166 valence electrons. The molecule has 7 heteroatoms. The van der Waals surface area contributed by atoms with E-state index in [4.69, 9.17) is 0 Å². The number of aryl methyl sites for hydroxylation is 3. The van der Waals surface area contributed by atoms with Gasteiger partial charge < -0.3 is 10.2 Å². The molecule has 0 fully saturated rings. The average Bonchev–Trinajstić information content (AvgIpc) is 3.03. The van der Waals surface area contributed by atoms with Crippen LogP contribution in [0.2, 0.25) is 0 Å². The van der Waals surface area contributed by atoms with Crippen LogP contribution in [0.15, 0.2) is 48.5 Å². The van der Waals surface area contributed by atoms with Gasteiger partial charge >= 0.3 is 0 Å². The Morgan fingerprint density at radius 1 is 1.06 bits per heavy atom. The van der Waals surface area contributed by atoms with Crippen LogP contribution >= 0.6 is 0 Å². The summed E-state index contributed by atoms with van der Waals surface area (Å²) in [6.45, 7) is 7.52. The zero-order chi connectivity index (χ0) is 23.4. The van der Waals surface area contributed by atoms with Crippen LogP contribution in [0.5, 0.6) is 0 Å². The van der Waals surface area contributed by atoms with Crippen molar-refractivity contribution < 1.29 is 14.0 Å². The van der Waals surface area contributed by atoms with E-state index in [-0.39, 0.29) is 24.2 Å².